The number of nitrogens with one attached hydrogen (secondary N) is 1. The SMILES string of the molecule is CCc1ccc(N2C(=O)C(=Cc3cc(Br)cs3)C(=O)NC2=S)cc1. The minimum atomic E-state index is -0.476. The van der Waals surface area contributed by atoms with Crippen LogP contribution in [0.15, 0.2) is 45.8 Å². The highest BCUT2D eigenvalue weighted by molar-refractivity contribution is 9.10. The van der Waals surface area contributed by atoms with Crippen LogP contribution in [0.3, 0.4) is 0 Å². The van der Waals surface area contributed by atoms with Gasteiger partial charge >= 0.3 is 0 Å². The van der Waals surface area contributed by atoms with Gasteiger partial charge in [0.2, 0.25) is 0 Å². The van der Waals surface area contributed by atoms with Crippen LogP contribution in [-0.4, -0.2) is 16.9 Å². The van der Waals surface area contributed by atoms with Gasteiger partial charge in [-0.05, 0) is 64.4 Å². The molecule has 24 heavy (non-hydrogen) atoms. The lowest BCUT2D eigenvalue weighted by molar-refractivity contribution is -0.122. The van der Waals surface area contributed by atoms with Gasteiger partial charge in [-0.1, -0.05) is 19.1 Å². The van der Waals surface area contributed by atoms with Crippen LogP contribution in [0, 0.1) is 0 Å². The molecule has 3 rings (SSSR count). The van der Waals surface area contributed by atoms with Gasteiger partial charge in [-0.15, -0.1) is 11.3 Å². The maximum atomic E-state index is 12.8. The number of aryl methyl sites for hydroxylation is 1. The highest BCUT2D eigenvalue weighted by Gasteiger charge is 2.34. The van der Waals surface area contributed by atoms with E-state index in [1.807, 2.05) is 35.7 Å². The van der Waals surface area contributed by atoms with Crippen LogP contribution in [0.2, 0.25) is 0 Å². The Kier molecular flexibility index (Phi) is 4.93. The lowest BCUT2D eigenvalue weighted by Crippen LogP contribution is -2.54. The van der Waals surface area contributed by atoms with Crippen LogP contribution in [0.1, 0.15) is 17.4 Å². The molecule has 0 saturated carbocycles. The number of hydrogen-bond acceptors (Lipinski definition) is 4. The smallest absolute Gasteiger partial charge is 0.270 e. The molecule has 1 aromatic carbocycles. The van der Waals surface area contributed by atoms with E-state index in [2.05, 4.69) is 28.2 Å². The molecule has 0 aliphatic carbocycles. The van der Waals surface area contributed by atoms with Gasteiger partial charge < -0.3 is 0 Å². The monoisotopic (exact) mass is 420 g/mol. The number of thiocarbonyl (C=S) groups is 1. The highest BCUT2D eigenvalue weighted by Crippen LogP contribution is 2.26. The summed E-state index contributed by atoms with van der Waals surface area (Å²) in [5.41, 5.74) is 1.87. The van der Waals surface area contributed by atoms with E-state index in [9.17, 15) is 9.59 Å². The molecule has 0 bridgehead atoms. The third-order valence-electron chi connectivity index (χ3n) is 3.58. The first kappa shape index (κ1) is 17.0. The van der Waals surface area contributed by atoms with Crippen molar-refractivity contribution in [1.82, 2.24) is 5.32 Å². The zero-order valence-corrected chi connectivity index (χ0v) is 15.9. The molecule has 1 N–H and O–H groups in total. The molecule has 1 saturated heterocycles. The summed E-state index contributed by atoms with van der Waals surface area (Å²) in [6.45, 7) is 2.06. The molecule has 1 aromatic heterocycles. The topological polar surface area (TPSA) is 49.4 Å². The van der Waals surface area contributed by atoms with E-state index in [4.69, 9.17) is 12.2 Å². The maximum Gasteiger partial charge on any atom is 0.270 e. The van der Waals surface area contributed by atoms with Crippen molar-refractivity contribution in [3.8, 4) is 0 Å². The molecular formula is C17H13BrN2O2S2. The Balaban J connectivity index is 1.97. The first-order chi connectivity index (χ1) is 11.5. The van der Waals surface area contributed by atoms with E-state index in [0.29, 0.717) is 5.69 Å². The third-order valence-corrected chi connectivity index (χ3v) is 5.50. The van der Waals surface area contributed by atoms with E-state index < -0.39 is 11.8 Å². The van der Waals surface area contributed by atoms with Gasteiger partial charge in [0.1, 0.15) is 5.57 Å². The van der Waals surface area contributed by atoms with Gasteiger partial charge in [0.15, 0.2) is 5.11 Å². The number of halogens is 1. The van der Waals surface area contributed by atoms with Crippen LogP contribution < -0.4 is 10.2 Å². The molecule has 4 nitrogen and oxygen atoms in total. The first-order valence-electron chi connectivity index (χ1n) is 7.24. The summed E-state index contributed by atoms with van der Waals surface area (Å²) in [4.78, 5) is 27.2. The average Bonchev–Trinajstić information content (AvgIpc) is 2.97. The van der Waals surface area contributed by atoms with Crippen molar-refractivity contribution in [2.24, 2.45) is 0 Å². The van der Waals surface area contributed by atoms with E-state index in [1.54, 1.807) is 6.08 Å². The summed E-state index contributed by atoms with van der Waals surface area (Å²) < 4.78 is 0.908. The van der Waals surface area contributed by atoms with Gasteiger partial charge in [0, 0.05) is 14.7 Å². The Hall–Kier alpha value is -1.83. The molecule has 122 valence electrons. The Morgan fingerprint density at radius 1 is 1.29 bits per heavy atom. The molecule has 1 aliphatic rings. The zero-order chi connectivity index (χ0) is 17.3. The molecule has 2 amide bonds. The molecule has 1 aliphatic heterocycles. The zero-order valence-electron chi connectivity index (χ0n) is 12.7. The van der Waals surface area contributed by atoms with Gasteiger partial charge in [0.25, 0.3) is 11.8 Å². The molecule has 0 radical (unpaired) electrons. The van der Waals surface area contributed by atoms with E-state index in [0.717, 1.165) is 21.3 Å². The number of rotatable bonds is 3. The summed E-state index contributed by atoms with van der Waals surface area (Å²) in [6.07, 6.45) is 2.50. The Morgan fingerprint density at radius 3 is 2.58 bits per heavy atom. The standard InChI is InChI=1S/C17H13BrN2O2S2/c1-2-10-3-5-12(6-4-10)20-16(22)14(15(21)19-17(20)23)8-13-7-11(18)9-24-13/h3-9H,2H2,1H3,(H,19,21,23). The van der Waals surface area contributed by atoms with Crippen LogP contribution in [-0.2, 0) is 16.0 Å². The number of carbonyl (C=O) groups is 2. The van der Waals surface area contributed by atoms with Crippen LogP contribution >= 0.6 is 39.5 Å². The van der Waals surface area contributed by atoms with Gasteiger partial charge in [-0.2, -0.15) is 0 Å². The van der Waals surface area contributed by atoms with Crippen molar-refractivity contribution in [1.29, 1.82) is 0 Å². The summed E-state index contributed by atoms with van der Waals surface area (Å²) in [5.74, 6) is -0.895. The fourth-order valence-electron chi connectivity index (χ4n) is 2.32. The fraction of sp³-hybridized carbons (Fsp3) is 0.118. The van der Waals surface area contributed by atoms with Crippen LogP contribution in [0.25, 0.3) is 6.08 Å². The number of hydrogen-bond donors (Lipinski definition) is 1. The van der Waals surface area contributed by atoms with Crippen molar-refractivity contribution in [2.75, 3.05) is 4.90 Å². The number of benzene rings is 1. The van der Waals surface area contributed by atoms with Crippen molar-refractivity contribution in [2.45, 2.75) is 13.3 Å². The Morgan fingerprint density at radius 2 is 2.00 bits per heavy atom. The molecule has 1 fully saturated rings. The highest BCUT2D eigenvalue weighted by atomic mass is 79.9. The number of carbonyl (C=O) groups excluding carboxylic acids is 2. The number of anilines is 1. The molecule has 7 heteroatoms. The minimum absolute atomic E-state index is 0.0671. The average molecular weight is 421 g/mol. The Bertz CT molecular complexity index is 856. The van der Waals surface area contributed by atoms with Crippen molar-refractivity contribution in [3.05, 3.63) is 56.2 Å². The normalized spacial score (nSPS) is 16.7. The number of nitrogens with zero attached hydrogens (tertiary/aromatic N) is 1. The quantitative estimate of drug-likeness (QED) is 0.465. The van der Waals surface area contributed by atoms with Crippen molar-refractivity contribution < 1.29 is 9.59 Å². The van der Waals surface area contributed by atoms with Crippen LogP contribution in [0.5, 0.6) is 0 Å². The van der Waals surface area contributed by atoms with Crippen LogP contribution in [0.4, 0.5) is 5.69 Å². The maximum absolute atomic E-state index is 12.8. The predicted molar refractivity (Wildman–Crippen MR) is 104 cm³/mol. The molecule has 2 aromatic rings. The molecule has 0 unspecified atom stereocenters. The summed E-state index contributed by atoms with van der Waals surface area (Å²) >= 11 is 9.99. The number of thiophene rings is 1. The van der Waals surface area contributed by atoms with E-state index in [1.165, 1.54) is 16.2 Å². The fourth-order valence-corrected chi connectivity index (χ4v) is 3.98. The second kappa shape index (κ2) is 6.96. The minimum Gasteiger partial charge on any atom is -0.298 e. The Labute approximate surface area is 157 Å². The molecular weight excluding hydrogens is 408 g/mol. The predicted octanol–water partition coefficient (Wildman–Crippen LogP) is 3.90. The lowest BCUT2D eigenvalue weighted by atomic mass is 10.1. The van der Waals surface area contributed by atoms with Crippen molar-refractivity contribution in [3.63, 3.8) is 0 Å². The second-order valence-electron chi connectivity index (χ2n) is 5.15. The first-order valence-corrected chi connectivity index (χ1v) is 9.32. The van der Waals surface area contributed by atoms with Gasteiger partial charge in [-0.3, -0.25) is 19.8 Å². The van der Waals surface area contributed by atoms with Gasteiger partial charge in [0.05, 0.1) is 5.69 Å². The third kappa shape index (κ3) is 3.33. The summed E-state index contributed by atoms with van der Waals surface area (Å²) in [5, 5.41) is 4.57. The van der Waals surface area contributed by atoms with E-state index in [-0.39, 0.29) is 10.7 Å². The second-order valence-corrected chi connectivity index (χ2v) is 7.39. The molecule has 0 spiro atoms. The van der Waals surface area contributed by atoms with E-state index >= 15 is 0 Å². The molecule has 2 heterocycles. The summed E-state index contributed by atoms with van der Waals surface area (Å²) in [6, 6.07) is 9.41. The summed E-state index contributed by atoms with van der Waals surface area (Å²) in [7, 11) is 0. The lowest BCUT2D eigenvalue weighted by Gasteiger charge is -2.29. The van der Waals surface area contributed by atoms with Crippen molar-refractivity contribution >= 4 is 68.2 Å². The largest absolute Gasteiger partial charge is 0.298 e. The van der Waals surface area contributed by atoms with Gasteiger partial charge in [-0.25, -0.2) is 0 Å². The number of amides is 2. The molecule has 0 atom stereocenters.